The maximum atomic E-state index is 11.7. The molecule has 1 amide bonds. The number of unbranched alkanes of at least 4 members (excludes halogenated alkanes) is 3. The van der Waals surface area contributed by atoms with Crippen LogP contribution in [0.4, 0.5) is 0 Å². The van der Waals surface area contributed by atoms with Gasteiger partial charge in [0.2, 0.25) is 5.91 Å². The van der Waals surface area contributed by atoms with Gasteiger partial charge in [-0.1, -0.05) is 56.5 Å². The van der Waals surface area contributed by atoms with E-state index in [0.29, 0.717) is 12.5 Å². The smallest absolute Gasteiger partial charge is 0.241 e. The predicted octanol–water partition coefficient (Wildman–Crippen LogP) is 2.45. The van der Waals surface area contributed by atoms with Crippen molar-refractivity contribution in [2.75, 3.05) is 19.6 Å². The van der Waals surface area contributed by atoms with Gasteiger partial charge in [-0.2, -0.15) is 0 Å². The van der Waals surface area contributed by atoms with Gasteiger partial charge in [0.15, 0.2) is 5.96 Å². The van der Waals surface area contributed by atoms with Crippen molar-refractivity contribution < 1.29 is 4.79 Å². The molecule has 130 valence electrons. The monoisotopic (exact) mass is 432 g/mol. The Hall–Kier alpha value is -1.31. The fourth-order valence-corrected chi connectivity index (χ4v) is 2.03. The average Bonchev–Trinajstić information content (AvgIpc) is 2.54. The zero-order chi connectivity index (χ0) is 16.0. The second-order valence-electron chi connectivity index (χ2n) is 5.27. The number of halogens is 1. The van der Waals surface area contributed by atoms with Gasteiger partial charge in [-0.25, -0.2) is 4.99 Å². The fourth-order valence-electron chi connectivity index (χ4n) is 2.03. The molecule has 4 N–H and O–H groups in total. The quantitative estimate of drug-likeness (QED) is 0.230. The lowest BCUT2D eigenvalue weighted by atomic mass is 10.1. The van der Waals surface area contributed by atoms with Gasteiger partial charge >= 0.3 is 0 Å². The van der Waals surface area contributed by atoms with E-state index in [4.69, 9.17) is 5.73 Å². The Balaban J connectivity index is 0.00000484. The Morgan fingerprint density at radius 1 is 1.09 bits per heavy atom. The molecule has 0 aromatic heterocycles. The maximum Gasteiger partial charge on any atom is 0.241 e. The van der Waals surface area contributed by atoms with Gasteiger partial charge < -0.3 is 16.4 Å². The minimum Gasteiger partial charge on any atom is -0.370 e. The molecule has 0 heterocycles. The summed E-state index contributed by atoms with van der Waals surface area (Å²) in [5.41, 5.74) is 6.92. The number of aliphatic imine (C=N–C) groups is 1. The Morgan fingerprint density at radius 2 is 1.83 bits per heavy atom. The van der Waals surface area contributed by atoms with Crippen molar-refractivity contribution in [3.8, 4) is 0 Å². The summed E-state index contributed by atoms with van der Waals surface area (Å²) < 4.78 is 0. The van der Waals surface area contributed by atoms with E-state index in [1.54, 1.807) is 0 Å². The van der Waals surface area contributed by atoms with Crippen LogP contribution in [-0.2, 0) is 11.2 Å². The van der Waals surface area contributed by atoms with Gasteiger partial charge in [0.05, 0.1) is 0 Å². The average molecular weight is 432 g/mol. The molecule has 1 rings (SSSR count). The summed E-state index contributed by atoms with van der Waals surface area (Å²) in [7, 11) is 0. The third kappa shape index (κ3) is 11.9. The molecule has 0 saturated carbocycles. The summed E-state index contributed by atoms with van der Waals surface area (Å²) in [5.74, 6) is 0.237. The van der Waals surface area contributed by atoms with Crippen molar-refractivity contribution in [3.05, 3.63) is 35.9 Å². The van der Waals surface area contributed by atoms with Crippen LogP contribution >= 0.6 is 24.0 Å². The Bertz CT molecular complexity index is 451. The van der Waals surface area contributed by atoms with Gasteiger partial charge in [-0.15, -0.1) is 24.0 Å². The predicted molar refractivity (Wildman–Crippen MR) is 107 cm³/mol. The number of benzene rings is 1. The number of nitrogens with two attached hydrogens (primary N) is 1. The summed E-state index contributed by atoms with van der Waals surface area (Å²) in [4.78, 5) is 15.7. The first-order valence-corrected chi connectivity index (χ1v) is 8.06. The molecule has 0 atom stereocenters. The summed E-state index contributed by atoms with van der Waals surface area (Å²) in [6.45, 7) is 3.68. The molecule has 0 aliphatic carbocycles. The van der Waals surface area contributed by atoms with Crippen molar-refractivity contribution in [1.82, 2.24) is 10.6 Å². The molecule has 0 unspecified atom stereocenters. The van der Waals surface area contributed by atoms with Gasteiger partial charge in [0.25, 0.3) is 0 Å². The van der Waals surface area contributed by atoms with Crippen molar-refractivity contribution in [1.29, 1.82) is 0 Å². The highest BCUT2D eigenvalue weighted by Gasteiger charge is 2.00. The molecule has 6 heteroatoms. The molecule has 0 saturated heterocycles. The second kappa shape index (κ2) is 14.3. The Kier molecular flexibility index (Phi) is 13.5. The molecule has 23 heavy (non-hydrogen) atoms. The highest BCUT2D eigenvalue weighted by atomic mass is 127. The first-order valence-electron chi connectivity index (χ1n) is 8.06. The van der Waals surface area contributed by atoms with Gasteiger partial charge in [0, 0.05) is 13.1 Å². The normalized spacial score (nSPS) is 10.7. The lowest BCUT2D eigenvalue weighted by Crippen LogP contribution is -2.34. The molecule has 0 aliphatic heterocycles. The number of carbonyl (C=O) groups is 1. The molecule has 1 aromatic carbocycles. The van der Waals surface area contributed by atoms with Crippen LogP contribution in [0.25, 0.3) is 0 Å². The molecule has 1 aromatic rings. The first kappa shape index (κ1) is 21.7. The van der Waals surface area contributed by atoms with Crippen LogP contribution in [0.3, 0.4) is 0 Å². The number of amides is 1. The molecule has 0 aliphatic rings. The minimum atomic E-state index is -0.105. The van der Waals surface area contributed by atoms with Crippen LogP contribution in [-0.4, -0.2) is 31.5 Å². The van der Waals surface area contributed by atoms with Gasteiger partial charge in [-0.3, -0.25) is 4.79 Å². The molecule has 0 radical (unpaired) electrons. The highest BCUT2D eigenvalue weighted by molar-refractivity contribution is 14.0. The zero-order valence-electron chi connectivity index (χ0n) is 13.9. The van der Waals surface area contributed by atoms with Crippen LogP contribution < -0.4 is 16.4 Å². The van der Waals surface area contributed by atoms with Crippen LogP contribution in [0.5, 0.6) is 0 Å². The van der Waals surface area contributed by atoms with Crippen LogP contribution in [0.15, 0.2) is 35.3 Å². The summed E-state index contributed by atoms with van der Waals surface area (Å²) in [6, 6.07) is 10.1. The van der Waals surface area contributed by atoms with E-state index in [9.17, 15) is 4.79 Å². The zero-order valence-corrected chi connectivity index (χ0v) is 16.2. The maximum absolute atomic E-state index is 11.7. The lowest BCUT2D eigenvalue weighted by molar-refractivity contribution is -0.119. The summed E-state index contributed by atoms with van der Waals surface area (Å²) >= 11 is 0. The SMILES string of the molecule is CCCCCCNC(N)=NCC(=O)NCCc1ccccc1.I. The van der Waals surface area contributed by atoms with Crippen molar-refractivity contribution in [2.45, 2.75) is 39.0 Å². The third-order valence-corrected chi connectivity index (χ3v) is 3.31. The molecular weight excluding hydrogens is 403 g/mol. The van der Waals surface area contributed by atoms with E-state index in [1.807, 2.05) is 30.3 Å². The standard InChI is InChI=1S/C17H28N4O.HI/c1-2-3-4-8-12-20-17(18)21-14-16(22)19-13-11-15-9-6-5-7-10-15;/h5-7,9-10H,2-4,8,11-14H2,1H3,(H,19,22)(H3,18,20,21);1H. The number of guanidine groups is 1. The lowest BCUT2D eigenvalue weighted by Gasteiger charge is -2.06. The third-order valence-electron chi connectivity index (χ3n) is 3.31. The minimum absolute atomic E-state index is 0. The highest BCUT2D eigenvalue weighted by Crippen LogP contribution is 1.98. The van der Waals surface area contributed by atoms with Gasteiger partial charge in [0.1, 0.15) is 6.54 Å². The first-order chi connectivity index (χ1) is 10.7. The van der Waals surface area contributed by atoms with Crippen LogP contribution in [0, 0.1) is 0 Å². The Labute approximate surface area is 156 Å². The molecular formula is C17H29IN4O. The second-order valence-corrected chi connectivity index (χ2v) is 5.27. The molecule has 5 nitrogen and oxygen atoms in total. The summed E-state index contributed by atoms with van der Waals surface area (Å²) in [5, 5.41) is 5.87. The number of carbonyl (C=O) groups excluding carboxylic acids is 1. The van der Waals surface area contributed by atoms with Crippen LogP contribution in [0.1, 0.15) is 38.2 Å². The number of hydrogen-bond acceptors (Lipinski definition) is 2. The largest absolute Gasteiger partial charge is 0.370 e. The number of hydrogen-bond donors (Lipinski definition) is 3. The number of nitrogens with one attached hydrogen (secondary N) is 2. The Morgan fingerprint density at radius 3 is 2.52 bits per heavy atom. The van der Waals surface area contributed by atoms with E-state index in [0.717, 1.165) is 19.4 Å². The van der Waals surface area contributed by atoms with Crippen LogP contribution in [0.2, 0.25) is 0 Å². The van der Waals surface area contributed by atoms with Gasteiger partial charge in [-0.05, 0) is 18.4 Å². The summed E-state index contributed by atoms with van der Waals surface area (Å²) in [6.07, 6.45) is 5.54. The topological polar surface area (TPSA) is 79.5 Å². The molecule has 0 spiro atoms. The van der Waals surface area contributed by atoms with Crippen molar-refractivity contribution in [2.24, 2.45) is 10.7 Å². The van der Waals surface area contributed by atoms with E-state index in [2.05, 4.69) is 22.5 Å². The van der Waals surface area contributed by atoms with E-state index in [-0.39, 0.29) is 36.4 Å². The van der Waals surface area contributed by atoms with Crippen molar-refractivity contribution in [3.63, 3.8) is 0 Å². The van der Waals surface area contributed by atoms with E-state index in [1.165, 1.54) is 24.8 Å². The molecule has 0 bridgehead atoms. The van der Waals surface area contributed by atoms with E-state index >= 15 is 0 Å². The van der Waals surface area contributed by atoms with E-state index < -0.39 is 0 Å². The molecule has 0 fully saturated rings. The number of rotatable bonds is 10. The van der Waals surface area contributed by atoms with Crippen molar-refractivity contribution >= 4 is 35.8 Å². The fraction of sp³-hybridized carbons (Fsp3) is 0.529. The number of nitrogens with zero attached hydrogens (tertiary/aromatic N) is 1.